The highest BCUT2D eigenvalue weighted by molar-refractivity contribution is 6.31. The molecule has 4 nitrogen and oxygen atoms in total. The van der Waals surface area contributed by atoms with Crippen LogP contribution < -0.4 is 5.73 Å². The normalized spacial score (nSPS) is 23.4. The number of aromatic nitrogens is 2. The van der Waals surface area contributed by atoms with E-state index in [9.17, 15) is 0 Å². The summed E-state index contributed by atoms with van der Waals surface area (Å²) in [6.07, 6.45) is 4.76. The van der Waals surface area contributed by atoms with Crippen molar-refractivity contribution in [3.63, 3.8) is 0 Å². The predicted molar refractivity (Wildman–Crippen MR) is 82.2 cm³/mol. The second-order valence-corrected chi connectivity index (χ2v) is 6.18. The molecule has 2 aromatic rings. The molecule has 2 N–H and O–H groups in total. The number of halogens is 1. The van der Waals surface area contributed by atoms with Crippen LogP contribution in [0.1, 0.15) is 61.8 Å². The minimum absolute atomic E-state index is 0.408. The molecular formula is C16H20ClN3O. The van der Waals surface area contributed by atoms with E-state index in [2.05, 4.69) is 17.1 Å². The molecule has 0 amide bonds. The Morgan fingerprint density at radius 2 is 2.19 bits per heavy atom. The van der Waals surface area contributed by atoms with E-state index >= 15 is 0 Å². The van der Waals surface area contributed by atoms with Gasteiger partial charge in [-0.2, -0.15) is 4.98 Å². The topological polar surface area (TPSA) is 64.9 Å². The summed E-state index contributed by atoms with van der Waals surface area (Å²) in [6.45, 7) is 2.24. The largest absolute Gasteiger partial charge is 0.337 e. The number of hydrogen-bond acceptors (Lipinski definition) is 4. The Morgan fingerprint density at radius 3 is 2.90 bits per heavy atom. The molecule has 112 valence electrons. The standard InChI is InChI=1S/C16H20ClN3O/c1-2-10-7-8-11(9-10)15-19-16(21-20-15)14(18)12-5-3-4-6-13(12)17/h3-6,10-11,14H,2,7-9,18H2,1H3/t10?,11?,14-/m1/s1. The van der Waals surface area contributed by atoms with Gasteiger partial charge in [0.25, 0.3) is 0 Å². The number of benzene rings is 1. The van der Waals surface area contributed by atoms with Gasteiger partial charge in [0, 0.05) is 10.9 Å². The zero-order valence-corrected chi connectivity index (χ0v) is 12.9. The van der Waals surface area contributed by atoms with Crippen molar-refractivity contribution in [1.82, 2.24) is 10.1 Å². The van der Waals surface area contributed by atoms with Crippen molar-refractivity contribution in [2.75, 3.05) is 0 Å². The Morgan fingerprint density at radius 1 is 1.38 bits per heavy atom. The highest BCUT2D eigenvalue weighted by Gasteiger charge is 2.29. The van der Waals surface area contributed by atoms with Crippen molar-refractivity contribution in [2.45, 2.75) is 44.6 Å². The molecule has 21 heavy (non-hydrogen) atoms. The fourth-order valence-corrected chi connectivity index (χ4v) is 3.33. The van der Waals surface area contributed by atoms with Gasteiger partial charge in [-0.05, 0) is 36.8 Å². The second kappa shape index (κ2) is 6.16. The van der Waals surface area contributed by atoms with E-state index in [1.165, 1.54) is 12.8 Å². The SMILES string of the molecule is CCC1CCC(c2noc([C@H](N)c3ccccc3Cl)n2)C1. The van der Waals surface area contributed by atoms with Crippen LogP contribution in [0.3, 0.4) is 0 Å². The fraction of sp³-hybridized carbons (Fsp3) is 0.500. The van der Waals surface area contributed by atoms with Gasteiger partial charge in [-0.1, -0.05) is 48.3 Å². The summed E-state index contributed by atoms with van der Waals surface area (Å²) in [4.78, 5) is 4.52. The van der Waals surface area contributed by atoms with Gasteiger partial charge in [-0.15, -0.1) is 0 Å². The zero-order chi connectivity index (χ0) is 14.8. The molecule has 3 atom stereocenters. The van der Waals surface area contributed by atoms with Gasteiger partial charge in [-0.25, -0.2) is 0 Å². The lowest BCUT2D eigenvalue weighted by atomic mass is 10.0. The molecule has 1 fully saturated rings. The summed E-state index contributed by atoms with van der Waals surface area (Å²) >= 11 is 6.17. The van der Waals surface area contributed by atoms with Crippen LogP contribution in [0.4, 0.5) is 0 Å². The van der Waals surface area contributed by atoms with E-state index < -0.39 is 6.04 Å². The van der Waals surface area contributed by atoms with Crippen molar-refractivity contribution < 1.29 is 4.52 Å². The molecule has 1 aliphatic carbocycles. The number of nitrogens with two attached hydrogens (primary N) is 1. The smallest absolute Gasteiger partial charge is 0.248 e. The minimum atomic E-state index is -0.469. The minimum Gasteiger partial charge on any atom is -0.337 e. The molecule has 1 heterocycles. The van der Waals surface area contributed by atoms with Crippen molar-refractivity contribution in [2.24, 2.45) is 11.7 Å². The summed E-state index contributed by atoms with van der Waals surface area (Å²) < 4.78 is 5.37. The first-order valence-electron chi connectivity index (χ1n) is 7.52. The van der Waals surface area contributed by atoms with E-state index in [4.69, 9.17) is 21.9 Å². The molecule has 1 saturated carbocycles. The maximum Gasteiger partial charge on any atom is 0.248 e. The first kappa shape index (κ1) is 14.5. The van der Waals surface area contributed by atoms with Gasteiger partial charge in [0.05, 0.1) is 0 Å². The molecule has 0 bridgehead atoms. The van der Waals surface area contributed by atoms with E-state index in [0.29, 0.717) is 16.8 Å². The van der Waals surface area contributed by atoms with Crippen molar-refractivity contribution in [3.8, 4) is 0 Å². The first-order valence-corrected chi connectivity index (χ1v) is 7.90. The number of hydrogen-bond donors (Lipinski definition) is 1. The Hall–Kier alpha value is -1.39. The molecular weight excluding hydrogens is 286 g/mol. The predicted octanol–water partition coefficient (Wildman–Crippen LogP) is 4.06. The first-order chi connectivity index (χ1) is 10.2. The van der Waals surface area contributed by atoms with E-state index in [1.54, 1.807) is 0 Å². The van der Waals surface area contributed by atoms with Crippen molar-refractivity contribution in [3.05, 3.63) is 46.6 Å². The van der Waals surface area contributed by atoms with Crippen molar-refractivity contribution >= 4 is 11.6 Å². The monoisotopic (exact) mass is 305 g/mol. The van der Waals surface area contributed by atoms with Gasteiger partial charge in [-0.3, -0.25) is 0 Å². The van der Waals surface area contributed by atoms with Crippen LogP contribution in [0, 0.1) is 5.92 Å². The molecule has 0 saturated heterocycles. The second-order valence-electron chi connectivity index (χ2n) is 5.77. The van der Waals surface area contributed by atoms with Crippen LogP contribution >= 0.6 is 11.6 Å². The van der Waals surface area contributed by atoms with Gasteiger partial charge < -0.3 is 10.3 Å². The Labute approximate surface area is 129 Å². The van der Waals surface area contributed by atoms with Crippen LogP contribution in [0.2, 0.25) is 5.02 Å². The third kappa shape index (κ3) is 2.97. The summed E-state index contributed by atoms with van der Waals surface area (Å²) in [7, 11) is 0. The molecule has 1 aromatic heterocycles. The molecule has 0 aliphatic heterocycles. The fourth-order valence-electron chi connectivity index (χ4n) is 3.08. The van der Waals surface area contributed by atoms with Gasteiger partial charge in [0.1, 0.15) is 6.04 Å². The molecule has 3 rings (SSSR count). The van der Waals surface area contributed by atoms with E-state index in [1.807, 2.05) is 24.3 Å². The highest BCUT2D eigenvalue weighted by atomic mass is 35.5. The maximum atomic E-state index is 6.20. The number of nitrogens with zero attached hydrogens (tertiary/aromatic N) is 2. The third-order valence-electron chi connectivity index (χ3n) is 4.45. The number of rotatable bonds is 4. The lowest BCUT2D eigenvalue weighted by Crippen LogP contribution is -2.13. The van der Waals surface area contributed by atoms with Crippen LogP contribution in [-0.2, 0) is 0 Å². The van der Waals surface area contributed by atoms with Crippen LogP contribution in [-0.4, -0.2) is 10.1 Å². The average Bonchev–Trinajstić information content (AvgIpc) is 3.15. The third-order valence-corrected chi connectivity index (χ3v) is 4.79. The highest BCUT2D eigenvalue weighted by Crippen LogP contribution is 2.38. The zero-order valence-electron chi connectivity index (χ0n) is 12.1. The van der Waals surface area contributed by atoms with Gasteiger partial charge >= 0.3 is 0 Å². The summed E-state index contributed by atoms with van der Waals surface area (Å²) in [5.41, 5.74) is 7.01. The molecule has 1 aliphatic rings. The van der Waals surface area contributed by atoms with Gasteiger partial charge in [0.2, 0.25) is 5.89 Å². The van der Waals surface area contributed by atoms with Crippen LogP contribution in [0.15, 0.2) is 28.8 Å². The molecule has 0 spiro atoms. The quantitative estimate of drug-likeness (QED) is 0.925. The Balaban J connectivity index is 1.77. The van der Waals surface area contributed by atoms with Crippen molar-refractivity contribution in [1.29, 1.82) is 0 Å². The summed E-state index contributed by atoms with van der Waals surface area (Å²) in [6, 6.07) is 7.02. The summed E-state index contributed by atoms with van der Waals surface area (Å²) in [5, 5.41) is 4.76. The van der Waals surface area contributed by atoms with E-state index in [-0.39, 0.29) is 0 Å². The Bertz CT molecular complexity index is 613. The molecule has 0 radical (unpaired) electrons. The van der Waals surface area contributed by atoms with Crippen LogP contribution in [0.25, 0.3) is 0 Å². The average molecular weight is 306 g/mol. The lowest BCUT2D eigenvalue weighted by Gasteiger charge is -2.08. The lowest BCUT2D eigenvalue weighted by molar-refractivity contribution is 0.359. The van der Waals surface area contributed by atoms with E-state index in [0.717, 1.165) is 30.1 Å². The van der Waals surface area contributed by atoms with Gasteiger partial charge in [0.15, 0.2) is 5.82 Å². The maximum absolute atomic E-state index is 6.20. The molecule has 5 heteroatoms. The van der Waals surface area contributed by atoms with Crippen LogP contribution in [0.5, 0.6) is 0 Å². The Kier molecular flexibility index (Phi) is 4.27. The molecule has 1 aromatic carbocycles. The summed E-state index contributed by atoms with van der Waals surface area (Å²) in [5.74, 6) is 2.43. The molecule has 2 unspecified atom stereocenters.